The van der Waals surface area contributed by atoms with Crippen LogP contribution in [0.3, 0.4) is 0 Å². The highest BCUT2D eigenvalue weighted by atomic mass is 16.5. The number of fused-ring (bicyclic) bond motifs is 1. The number of H-pyrrole nitrogens is 1. The number of hydrogen-bond acceptors (Lipinski definition) is 5. The molecule has 4 rings (SSSR count). The molecule has 0 aliphatic heterocycles. The van der Waals surface area contributed by atoms with Gasteiger partial charge in [-0.1, -0.05) is 19.1 Å². The number of ether oxygens (including phenoxy) is 1. The third-order valence-electron chi connectivity index (χ3n) is 4.96. The Morgan fingerprint density at radius 2 is 2.19 bits per heavy atom. The first-order valence-corrected chi connectivity index (χ1v) is 9.17. The molecule has 1 aliphatic rings. The van der Waals surface area contributed by atoms with Gasteiger partial charge in [-0.3, -0.25) is 4.79 Å². The number of rotatable bonds is 5. The van der Waals surface area contributed by atoms with Crippen LogP contribution in [-0.2, 0) is 12.8 Å². The Bertz CT molecular complexity index is 1010. The Kier molecular flexibility index (Phi) is 4.62. The van der Waals surface area contributed by atoms with Crippen molar-refractivity contribution < 1.29 is 4.74 Å². The summed E-state index contributed by atoms with van der Waals surface area (Å²) in [5, 5.41) is 3.50. The molecule has 2 aromatic heterocycles. The minimum absolute atomic E-state index is 0.143. The first-order valence-electron chi connectivity index (χ1n) is 9.17. The number of methoxy groups -OCH3 is 1. The third-order valence-corrected chi connectivity index (χ3v) is 4.96. The average Bonchev–Trinajstić information content (AvgIpc) is 3.11. The molecule has 1 aromatic carbocycles. The second kappa shape index (κ2) is 7.23. The summed E-state index contributed by atoms with van der Waals surface area (Å²) in [6.07, 6.45) is 4.45. The van der Waals surface area contributed by atoms with Crippen LogP contribution in [-0.4, -0.2) is 22.1 Å². The molecule has 2 heterocycles. The van der Waals surface area contributed by atoms with Crippen molar-refractivity contribution in [2.75, 3.05) is 12.4 Å². The van der Waals surface area contributed by atoms with Gasteiger partial charge in [-0.2, -0.15) is 0 Å². The van der Waals surface area contributed by atoms with Crippen molar-refractivity contribution in [2.24, 2.45) is 0 Å². The summed E-state index contributed by atoms with van der Waals surface area (Å²) >= 11 is 0. The van der Waals surface area contributed by atoms with Gasteiger partial charge in [0, 0.05) is 23.5 Å². The van der Waals surface area contributed by atoms with Crippen LogP contribution in [0.2, 0.25) is 0 Å². The van der Waals surface area contributed by atoms with Crippen LogP contribution in [0.25, 0.3) is 11.4 Å². The predicted molar refractivity (Wildman–Crippen MR) is 105 cm³/mol. The number of nitrogens with zero attached hydrogens (tertiary/aromatic N) is 2. The van der Waals surface area contributed by atoms with Crippen LogP contribution in [0.5, 0.6) is 5.75 Å². The van der Waals surface area contributed by atoms with E-state index < -0.39 is 0 Å². The maximum atomic E-state index is 11.8. The fourth-order valence-corrected chi connectivity index (χ4v) is 3.59. The normalized spacial score (nSPS) is 15.4. The molecule has 1 unspecified atom stereocenters. The van der Waals surface area contributed by atoms with Gasteiger partial charge < -0.3 is 15.0 Å². The van der Waals surface area contributed by atoms with Crippen molar-refractivity contribution in [1.29, 1.82) is 0 Å². The first-order chi connectivity index (χ1) is 13.2. The summed E-state index contributed by atoms with van der Waals surface area (Å²) < 4.78 is 5.47. The van der Waals surface area contributed by atoms with Crippen molar-refractivity contribution in [3.05, 3.63) is 69.8 Å². The van der Waals surface area contributed by atoms with E-state index in [9.17, 15) is 4.79 Å². The molecule has 2 N–H and O–H groups in total. The van der Waals surface area contributed by atoms with Gasteiger partial charge in [0.25, 0.3) is 5.56 Å². The zero-order chi connectivity index (χ0) is 18.8. The standard InChI is InChI=1S/C21H22N4O2/c1-3-14-11-20(26)25-21(23-14)13-7-10-19(22-12-13)24-17-9-8-16-15(17)5-4-6-18(16)27-2/h4-7,10-12,17H,3,8-9H2,1-2H3,(H,22,24)(H,23,25,26). The highest BCUT2D eigenvalue weighted by Gasteiger charge is 2.25. The number of hydrogen-bond donors (Lipinski definition) is 2. The van der Waals surface area contributed by atoms with E-state index in [1.54, 1.807) is 13.3 Å². The van der Waals surface area contributed by atoms with Crippen molar-refractivity contribution in [3.8, 4) is 17.1 Å². The largest absolute Gasteiger partial charge is 0.496 e. The van der Waals surface area contributed by atoms with Crippen LogP contribution < -0.4 is 15.6 Å². The molecular formula is C21H22N4O2. The molecule has 0 fully saturated rings. The van der Waals surface area contributed by atoms with Crippen LogP contribution >= 0.6 is 0 Å². The SMILES string of the molecule is CCc1cc(=O)[nH]c(-c2ccc(NC3CCc4c(OC)cccc43)nc2)n1. The monoisotopic (exact) mass is 362 g/mol. The molecule has 0 amide bonds. The maximum absolute atomic E-state index is 11.8. The van der Waals surface area contributed by atoms with Crippen molar-refractivity contribution in [1.82, 2.24) is 15.0 Å². The lowest BCUT2D eigenvalue weighted by Crippen LogP contribution is -2.10. The van der Waals surface area contributed by atoms with Crippen LogP contribution in [0, 0.1) is 0 Å². The zero-order valence-corrected chi connectivity index (χ0v) is 15.5. The molecule has 1 aliphatic carbocycles. The highest BCUT2D eigenvalue weighted by molar-refractivity contribution is 5.57. The molecule has 0 saturated carbocycles. The number of aromatic nitrogens is 3. The van der Waals surface area contributed by atoms with E-state index >= 15 is 0 Å². The van der Waals surface area contributed by atoms with E-state index in [4.69, 9.17) is 4.74 Å². The summed E-state index contributed by atoms with van der Waals surface area (Å²) in [5.74, 6) is 2.30. The molecule has 0 bridgehead atoms. The fourth-order valence-electron chi connectivity index (χ4n) is 3.59. The predicted octanol–water partition coefficient (Wildman–Crippen LogP) is 3.50. The lowest BCUT2D eigenvalue weighted by molar-refractivity contribution is 0.410. The van der Waals surface area contributed by atoms with Gasteiger partial charge >= 0.3 is 0 Å². The van der Waals surface area contributed by atoms with Gasteiger partial charge in [-0.05, 0) is 48.6 Å². The average molecular weight is 362 g/mol. The first kappa shape index (κ1) is 17.3. The molecule has 0 spiro atoms. The Balaban J connectivity index is 1.55. The number of anilines is 1. The topological polar surface area (TPSA) is 79.9 Å². The van der Waals surface area contributed by atoms with E-state index in [2.05, 4.69) is 26.3 Å². The van der Waals surface area contributed by atoms with Crippen molar-refractivity contribution >= 4 is 5.82 Å². The van der Waals surface area contributed by atoms with E-state index in [1.165, 1.54) is 17.2 Å². The van der Waals surface area contributed by atoms with Gasteiger partial charge in [-0.15, -0.1) is 0 Å². The second-order valence-electron chi connectivity index (χ2n) is 6.63. The molecule has 0 radical (unpaired) electrons. The summed E-state index contributed by atoms with van der Waals surface area (Å²) in [4.78, 5) is 23.5. The van der Waals surface area contributed by atoms with Crippen LogP contribution in [0.4, 0.5) is 5.82 Å². The third kappa shape index (κ3) is 3.43. The molecule has 6 nitrogen and oxygen atoms in total. The Morgan fingerprint density at radius 3 is 2.93 bits per heavy atom. The number of pyridine rings is 1. The molecule has 6 heteroatoms. The van der Waals surface area contributed by atoms with Crippen molar-refractivity contribution in [2.45, 2.75) is 32.2 Å². The van der Waals surface area contributed by atoms with Gasteiger partial charge in [0.15, 0.2) is 0 Å². The number of nitrogens with one attached hydrogen (secondary N) is 2. The quantitative estimate of drug-likeness (QED) is 0.726. The molecular weight excluding hydrogens is 340 g/mol. The van der Waals surface area contributed by atoms with Gasteiger partial charge in [-0.25, -0.2) is 9.97 Å². The summed E-state index contributed by atoms with van der Waals surface area (Å²) in [6.45, 7) is 1.98. The molecule has 3 aromatic rings. The Morgan fingerprint density at radius 1 is 1.30 bits per heavy atom. The Labute approximate surface area is 157 Å². The summed E-state index contributed by atoms with van der Waals surface area (Å²) in [7, 11) is 1.71. The fraction of sp³-hybridized carbons (Fsp3) is 0.286. The smallest absolute Gasteiger partial charge is 0.251 e. The molecule has 1 atom stereocenters. The van der Waals surface area contributed by atoms with Crippen LogP contribution in [0.1, 0.15) is 36.2 Å². The lowest BCUT2D eigenvalue weighted by atomic mass is 10.1. The molecule has 0 saturated heterocycles. The molecule has 27 heavy (non-hydrogen) atoms. The Hall–Kier alpha value is -3.15. The number of benzene rings is 1. The second-order valence-corrected chi connectivity index (χ2v) is 6.63. The maximum Gasteiger partial charge on any atom is 0.251 e. The number of aromatic amines is 1. The minimum Gasteiger partial charge on any atom is -0.496 e. The highest BCUT2D eigenvalue weighted by Crippen LogP contribution is 2.38. The zero-order valence-electron chi connectivity index (χ0n) is 15.5. The van der Waals surface area contributed by atoms with Gasteiger partial charge in [0.1, 0.15) is 17.4 Å². The van der Waals surface area contributed by atoms with Gasteiger partial charge in [0.05, 0.1) is 13.2 Å². The van der Waals surface area contributed by atoms with Crippen LogP contribution in [0.15, 0.2) is 47.4 Å². The summed E-state index contributed by atoms with van der Waals surface area (Å²) in [5.41, 5.74) is 3.96. The molecule has 138 valence electrons. The van der Waals surface area contributed by atoms with Gasteiger partial charge in [0.2, 0.25) is 0 Å². The minimum atomic E-state index is -0.143. The van der Waals surface area contributed by atoms with Crippen molar-refractivity contribution in [3.63, 3.8) is 0 Å². The van der Waals surface area contributed by atoms with E-state index in [0.717, 1.165) is 35.7 Å². The summed E-state index contributed by atoms with van der Waals surface area (Å²) in [6, 6.07) is 11.8. The van der Waals surface area contributed by atoms with E-state index in [1.807, 2.05) is 31.2 Å². The van der Waals surface area contributed by atoms with E-state index in [-0.39, 0.29) is 11.6 Å². The van der Waals surface area contributed by atoms with E-state index in [0.29, 0.717) is 12.2 Å². The number of aryl methyl sites for hydroxylation is 1. The lowest BCUT2D eigenvalue weighted by Gasteiger charge is -2.15.